The van der Waals surface area contributed by atoms with Crippen LogP contribution in [0.3, 0.4) is 0 Å². The molecule has 2 aromatic rings. The summed E-state index contributed by atoms with van der Waals surface area (Å²) in [6.45, 7) is 4.14. The molecule has 2 heteroatoms. The van der Waals surface area contributed by atoms with Gasteiger partial charge < -0.3 is 4.90 Å². The Morgan fingerprint density at radius 3 is 2.11 bits per heavy atom. The number of hydrogen-bond acceptors (Lipinski definition) is 1. The third-order valence-electron chi connectivity index (χ3n) is 3.34. The zero-order valence-electron chi connectivity index (χ0n) is 11.7. The fraction of sp³-hybridized carbons (Fsp3) is 0.235. The highest BCUT2D eigenvalue weighted by Crippen LogP contribution is 2.16. The molecule has 0 N–H and O–H groups in total. The minimum absolute atomic E-state index is 0.0199. The number of hydrogen-bond donors (Lipinski definition) is 0. The van der Waals surface area contributed by atoms with Crippen LogP contribution in [0.4, 0.5) is 5.69 Å². The van der Waals surface area contributed by atoms with Gasteiger partial charge in [-0.1, -0.05) is 36.8 Å². The van der Waals surface area contributed by atoms with E-state index in [9.17, 15) is 4.79 Å². The van der Waals surface area contributed by atoms with Crippen molar-refractivity contribution in [1.82, 2.24) is 0 Å². The van der Waals surface area contributed by atoms with Gasteiger partial charge in [0.15, 0.2) is 0 Å². The molecule has 0 unspecified atom stereocenters. The van der Waals surface area contributed by atoms with Crippen molar-refractivity contribution in [3.05, 3.63) is 65.2 Å². The molecule has 2 nitrogen and oxygen atoms in total. The Bertz CT molecular complexity index is 555. The number of aryl methyl sites for hydroxylation is 2. The van der Waals surface area contributed by atoms with E-state index in [4.69, 9.17) is 0 Å². The summed E-state index contributed by atoms with van der Waals surface area (Å²) >= 11 is 0. The van der Waals surface area contributed by atoms with Crippen molar-refractivity contribution in [2.45, 2.75) is 20.3 Å². The number of benzene rings is 2. The number of carbonyl (C=O) groups excluding carboxylic acids is 1. The van der Waals surface area contributed by atoms with Gasteiger partial charge in [-0.15, -0.1) is 0 Å². The van der Waals surface area contributed by atoms with Gasteiger partial charge in [0, 0.05) is 18.3 Å². The molecule has 0 fully saturated rings. The van der Waals surface area contributed by atoms with Gasteiger partial charge in [-0.3, -0.25) is 4.79 Å². The lowest BCUT2D eigenvalue weighted by Gasteiger charge is -2.17. The Hall–Kier alpha value is -2.09. The van der Waals surface area contributed by atoms with Crippen LogP contribution in [-0.2, 0) is 6.42 Å². The Labute approximate surface area is 114 Å². The first-order chi connectivity index (χ1) is 9.11. The Kier molecular flexibility index (Phi) is 4.00. The summed E-state index contributed by atoms with van der Waals surface area (Å²) in [5.41, 5.74) is 4.07. The SMILES string of the molecule is CCc1ccc(C(=O)N(C)c2ccc(C)cc2)cc1. The summed E-state index contributed by atoms with van der Waals surface area (Å²) in [5, 5.41) is 0. The second-order valence-corrected chi connectivity index (χ2v) is 4.75. The lowest BCUT2D eigenvalue weighted by molar-refractivity contribution is 0.0993. The average Bonchev–Trinajstić information content (AvgIpc) is 2.46. The van der Waals surface area contributed by atoms with Crippen molar-refractivity contribution in [3.63, 3.8) is 0 Å². The van der Waals surface area contributed by atoms with Crippen LogP contribution < -0.4 is 4.90 Å². The molecule has 0 bridgehead atoms. The monoisotopic (exact) mass is 253 g/mol. The Balaban J connectivity index is 2.20. The van der Waals surface area contributed by atoms with Crippen LogP contribution in [0.2, 0.25) is 0 Å². The highest BCUT2D eigenvalue weighted by Gasteiger charge is 2.12. The van der Waals surface area contributed by atoms with Crippen LogP contribution in [0.5, 0.6) is 0 Å². The zero-order chi connectivity index (χ0) is 13.8. The maximum atomic E-state index is 12.4. The van der Waals surface area contributed by atoms with E-state index in [-0.39, 0.29) is 5.91 Å². The first kappa shape index (κ1) is 13.3. The summed E-state index contributed by atoms with van der Waals surface area (Å²) in [6.07, 6.45) is 0.988. The summed E-state index contributed by atoms with van der Waals surface area (Å²) in [7, 11) is 1.81. The van der Waals surface area contributed by atoms with Gasteiger partial charge in [-0.05, 0) is 43.2 Å². The lowest BCUT2D eigenvalue weighted by atomic mass is 10.1. The van der Waals surface area contributed by atoms with Crippen LogP contribution in [0.25, 0.3) is 0 Å². The quantitative estimate of drug-likeness (QED) is 0.814. The molecule has 0 radical (unpaired) electrons. The molecule has 2 rings (SSSR count). The molecule has 0 heterocycles. The molecule has 2 aromatic carbocycles. The van der Waals surface area contributed by atoms with E-state index in [1.807, 2.05) is 55.5 Å². The first-order valence-electron chi connectivity index (χ1n) is 6.55. The predicted octanol–water partition coefficient (Wildman–Crippen LogP) is 3.83. The lowest BCUT2D eigenvalue weighted by Crippen LogP contribution is -2.26. The smallest absolute Gasteiger partial charge is 0.258 e. The molecule has 0 atom stereocenters. The molecule has 98 valence electrons. The number of anilines is 1. The van der Waals surface area contributed by atoms with Gasteiger partial charge in [0.2, 0.25) is 0 Å². The van der Waals surface area contributed by atoms with Crippen LogP contribution in [-0.4, -0.2) is 13.0 Å². The van der Waals surface area contributed by atoms with Crippen LogP contribution >= 0.6 is 0 Å². The Morgan fingerprint density at radius 2 is 1.58 bits per heavy atom. The van der Waals surface area contributed by atoms with E-state index >= 15 is 0 Å². The van der Waals surface area contributed by atoms with E-state index in [2.05, 4.69) is 6.92 Å². The fourth-order valence-electron chi connectivity index (χ4n) is 1.96. The van der Waals surface area contributed by atoms with Crippen LogP contribution in [0.15, 0.2) is 48.5 Å². The summed E-state index contributed by atoms with van der Waals surface area (Å²) < 4.78 is 0. The number of amides is 1. The van der Waals surface area contributed by atoms with Crippen molar-refractivity contribution in [1.29, 1.82) is 0 Å². The number of nitrogens with zero attached hydrogens (tertiary/aromatic N) is 1. The molecule has 1 amide bonds. The molecular formula is C17H19NO. The van der Waals surface area contributed by atoms with E-state index in [0.29, 0.717) is 0 Å². The second-order valence-electron chi connectivity index (χ2n) is 4.75. The second kappa shape index (κ2) is 5.70. The molecule has 0 saturated carbocycles. The van der Waals surface area contributed by atoms with E-state index in [0.717, 1.165) is 17.7 Å². The zero-order valence-corrected chi connectivity index (χ0v) is 11.7. The minimum Gasteiger partial charge on any atom is -0.311 e. The minimum atomic E-state index is 0.0199. The van der Waals surface area contributed by atoms with E-state index < -0.39 is 0 Å². The summed E-state index contributed by atoms with van der Waals surface area (Å²) in [4.78, 5) is 14.0. The fourth-order valence-corrected chi connectivity index (χ4v) is 1.96. The Morgan fingerprint density at radius 1 is 1.00 bits per heavy atom. The molecule has 0 aliphatic heterocycles. The standard InChI is InChI=1S/C17H19NO/c1-4-14-7-9-15(10-8-14)17(19)18(3)16-11-5-13(2)6-12-16/h5-12H,4H2,1-3H3. The van der Waals surface area contributed by atoms with Gasteiger partial charge in [0.05, 0.1) is 0 Å². The van der Waals surface area contributed by atoms with E-state index in [1.54, 1.807) is 11.9 Å². The van der Waals surface area contributed by atoms with Crippen molar-refractivity contribution >= 4 is 11.6 Å². The average molecular weight is 253 g/mol. The molecule has 0 saturated heterocycles. The predicted molar refractivity (Wildman–Crippen MR) is 79.7 cm³/mol. The molecule has 19 heavy (non-hydrogen) atoms. The molecule has 0 aromatic heterocycles. The highest BCUT2D eigenvalue weighted by atomic mass is 16.2. The molecule has 0 aliphatic carbocycles. The molecule has 0 aliphatic rings. The van der Waals surface area contributed by atoms with Gasteiger partial charge in [0.25, 0.3) is 5.91 Å². The highest BCUT2D eigenvalue weighted by molar-refractivity contribution is 6.05. The number of carbonyl (C=O) groups is 1. The largest absolute Gasteiger partial charge is 0.311 e. The third kappa shape index (κ3) is 3.02. The van der Waals surface area contributed by atoms with Crippen molar-refractivity contribution in [2.75, 3.05) is 11.9 Å². The summed E-state index contributed by atoms with van der Waals surface area (Å²) in [5.74, 6) is 0.0199. The maximum Gasteiger partial charge on any atom is 0.258 e. The first-order valence-corrected chi connectivity index (χ1v) is 6.55. The van der Waals surface area contributed by atoms with Gasteiger partial charge in [-0.2, -0.15) is 0 Å². The van der Waals surface area contributed by atoms with Gasteiger partial charge in [0.1, 0.15) is 0 Å². The van der Waals surface area contributed by atoms with Gasteiger partial charge >= 0.3 is 0 Å². The molecule has 0 spiro atoms. The third-order valence-corrected chi connectivity index (χ3v) is 3.34. The van der Waals surface area contributed by atoms with Gasteiger partial charge in [-0.25, -0.2) is 0 Å². The number of rotatable bonds is 3. The van der Waals surface area contributed by atoms with E-state index in [1.165, 1.54) is 11.1 Å². The topological polar surface area (TPSA) is 20.3 Å². The molecular weight excluding hydrogens is 234 g/mol. The van der Waals surface area contributed by atoms with Crippen molar-refractivity contribution < 1.29 is 4.79 Å². The van der Waals surface area contributed by atoms with Crippen molar-refractivity contribution in [3.8, 4) is 0 Å². The summed E-state index contributed by atoms with van der Waals surface area (Å²) in [6, 6.07) is 15.8. The normalized spacial score (nSPS) is 10.3. The van der Waals surface area contributed by atoms with Crippen LogP contribution in [0, 0.1) is 6.92 Å². The van der Waals surface area contributed by atoms with Crippen molar-refractivity contribution in [2.24, 2.45) is 0 Å². The maximum absolute atomic E-state index is 12.4. The van der Waals surface area contributed by atoms with Crippen LogP contribution in [0.1, 0.15) is 28.4 Å².